The van der Waals surface area contributed by atoms with Crippen LogP contribution in [0.5, 0.6) is 10.8 Å². The number of ether oxygens (including phenoxy) is 1. The zero-order valence-corrected chi connectivity index (χ0v) is 24.3. The number of pyridine rings is 1. The van der Waals surface area contributed by atoms with E-state index in [2.05, 4.69) is 121 Å². The highest BCUT2D eigenvalue weighted by Crippen LogP contribution is 2.45. The van der Waals surface area contributed by atoms with Crippen LogP contribution in [0.25, 0.3) is 31.4 Å². The number of hydrogen-bond donors (Lipinski definition) is 0. The van der Waals surface area contributed by atoms with E-state index in [1.54, 1.807) is 22.7 Å². The van der Waals surface area contributed by atoms with Crippen molar-refractivity contribution in [1.82, 2.24) is 4.98 Å². The van der Waals surface area contributed by atoms with E-state index < -0.39 is 0 Å². The molecule has 4 heterocycles. The van der Waals surface area contributed by atoms with E-state index in [0.29, 0.717) is 0 Å². The van der Waals surface area contributed by atoms with Crippen molar-refractivity contribution in [3.8, 4) is 22.1 Å². The first kappa shape index (κ1) is 24.9. The van der Waals surface area contributed by atoms with Gasteiger partial charge in [-0.25, -0.2) is 0 Å². The van der Waals surface area contributed by atoms with Gasteiger partial charge in [0, 0.05) is 62.5 Å². The molecule has 0 unspecified atom stereocenters. The maximum atomic E-state index is 6.48. The lowest BCUT2D eigenvalue weighted by Gasteiger charge is -2.21. The van der Waals surface area contributed by atoms with Crippen molar-refractivity contribution in [3.05, 3.63) is 114 Å². The van der Waals surface area contributed by atoms with Gasteiger partial charge in [-0.3, -0.25) is 4.98 Å². The van der Waals surface area contributed by atoms with E-state index in [-0.39, 0.29) is 5.41 Å². The Hall–Kier alpha value is -4.13. The molecule has 40 heavy (non-hydrogen) atoms. The van der Waals surface area contributed by atoms with E-state index in [4.69, 9.17) is 9.72 Å². The molecule has 0 aliphatic carbocycles. The third-order valence-electron chi connectivity index (χ3n) is 7.29. The van der Waals surface area contributed by atoms with Gasteiger partial charge in [-0.05, 0) is 70.3 Å². The average molecular weight is 560 g/mol. The second kappa shape index (κ2) is 9.81. The van der Waals surface area contributed by atoms with Crippen molar-refractivity contribution in [3.63, 3.8) is 0 Å². The van der Waals surface area contributed by atoms with Crippen molar-refractivity contribution in [2.24, 2.45) is 0 Å². The van der Waals surface area contributed by atoms with E-state index >= 15 is 0 Å². The molecule has 0 spiro atoms. The van der Waals surface area contributed by atoms with Crippen molar-refractivity contribution < 1.29 is 4.74 Å². The molecule has 0 atom stereocenters. The van der Waals surface area contributed by atoms with Gasteiger partial charge in [0.25, 0.3) is 0 Å². The molecule has 4 nitrogen and oxygen atoms in total. The molecule has 0 fully saturated rings. The Kier molecular flexibility index (Phi) is 6.10. The lowest BCUT2D eigenvalue weighted by Crippen LogP contribution is -2.24. The molecular formula is C34H29N3OS2. The van der Waals surface area contributed by atoms with Crippen LogP contribution < -0.4 is 14.5 Å². The number of rotatable bonds is 5. The topological polar surface area (TPSA) is 28.6 Å². The maximum Gasteiger partial charge on any atom is 0.182 e. The summed E-state index contributed by atoms with van der Waals surface area (Å²) in [4.78, 5) is 9.29. The fraction of sp³-hybridized carbons (Fsp3) is 0.147. The number of fused-ring (bicyclic) bond motifs is 2. The van der Waals surface area contributed by atoms with Gasteiger partial charge in [-0.1, -0.05) is 56.4 Å². The highest BCUT2D eigenvalue weighted by molar-refractivity contribution is 7.21. The second-order valence-electron chi connectivity index (χ2n) is 11.1. The van der Waals surface area contributed by atoms with Gasteiger partial charge in [-0.2, -0.15) is 0 Å². The molecule has 0 bridgehead atoms. The van der Waals surface area contributed by atoms with Crippen molar-refractivity contribution >= 4 is 54.2 Å². The number of nitrogens with zero attached hydrogens (tertiary/aromatic N) is 3. The molecule has 1 aliphatic heterocycles. The second-order valence-corrected chi connectivity index (χ2v) is 13.0. The van der Waals surface area contributed by atoms with Crippen LogP contribution in [0.2, 0.25) is 0 Å². The monoisotopic (exact) mass is 559 g/mol. The molecule has 1 aliphatic rings. The number of benzene rings is 3. The van der Waals surface area contributed by atoms with Crippen LogP contribution in [0.4, 0.5) is 11.4 Å². The minimum Gasteiger partial charge on any atom is -0.447 e. The van der Waals surface area contributed by atoms with Crippen LogP contribution in [-0.2, 0) is 5.41 Å². The molecule has 3 aromatic carbocycles. The van der Waals surface area contributed by atoms with Gasteiger partial charge in [0.1, 0.15) is 5.75 Å². The van der Waals surface area contributed by atoms with Crippen LogP contribution in [0.15, 0.2) is 109 Å². The van der Waals surface area contributed by atoms with Gasteiger partial charge in [0.15, 0.2) is 5.06 Å². The zero-order valence-electron chi connectivity index (χ0n) is 22.7. The smallest absolute Gasteiger partial charge is 0.182 e. The molecule has 0 amide bonds. The van der Waals surface area contributed by atoms with E-state index in [9.17, 15) is 0 Å². The highest BCUT2D eigenvalue weighted by atomic mass is 32.1. The number of para-hydroxylation sites is 1. The Balaban J connectivity index is 1.21. The predicted octanol–water partition coefficient (Wildman–Crippen LogP) is 10.0. The fourth-order valence-electron chi connectivity index (χ4n) is 5.14. The Bertz CT molecular complexity index is 1860. The summed E-state index contributed by atoms with van der Waals surface area (Å²) in [6.45, 7) is 7.50. The zero-order chi connectivity index (χ0) is 27.3. The van der Waals surface area contributed by atoms with Gasteiger partial charge in [0.2, 0.25) is 0 Å². The van der Waals surface area contributed by atoms with E-state index in [1.165, 1.54) is 37.0 Å². The Morgan fingerprint density at radius 1 is 0.825 bits per heavy atom. The molecule has 7 rings (SSSR count). The molecule has 0 radical (unpaired) electrons. The van der Waals surface area contributed by atoms with Crippen molar-refractivity contribution in [1.29, 1.82) is 0 Å². The van der Waals surface area contributed by atoms with Gasteiger partial charge >= 0.3 is 0 Å². The summed E-state index contributed by atoms with van der Waals surface area (Å²) < 4.78 is 8.95. The highest BCUT2D eigenvalue weighted by Gasteiger charge is 2.20. The van der Waals surface area contributed by atoms with Crippen LogP contribution in [0.3, 0.4) is 0 Å². The molecular weight excluding hydrogens is 531 g/mol. The Morgan fingerprint density at radius 3 is 2.45 bits per heavy atom. The SMILES string of the molecule is CC(C)(C)c1ccnc(-c2c3cc(Oc4cccc(N5C=CN(c6ccccc6)C5)c4)sc3cc3ccsc23)c1. The summed E-state index contributed by atoms with van der Waals surface area (Å²) in [6.07, 6.45) is 6.17. The third-order valence-corrected chi connectivity index (χ3v) is 9.19. The van der Waals surface area contributed by atoms with Crippen LogP contribution in [0.1, 0.15) is 26.3 Å². The summed E-state index contributed by atoms with van der Waals surface area (Å²) in [5, 5.41) is 5.47. The summed E-state index contributed by atoms with van der Waals surface area (Å²) in [7, 11) is 0. The molecule has 0 saturated carbocycles. The number of aromatic nitrogens is 1. The van der Waals surface area contributed by atoms with Crippen molar-refractivity contribution in [2.45, 2.75) is 26.2 Å². The summed E-state index contributed by atoms with van der Waals surface area (Å²) in [5.74, 6) is 0.826. The lowest BCUT2D eigenvalue weighted by atomic mass is 9.86. The third kappa shape index (κ3) is 4.63. The quantitative estimate of drug-likeness (QED) is 0.210. The van der Waals surface area contributed by atoms with Crippen LogP contribution in [-0.4, -0.2) is 11.7 Å². The summed E-state index contributed by atoms with van der Waals surface area (Å²) >= 11 is 3.46. The standard InChI is InChI=1S/C34H29N3OS2/c1-34(2,3)24-12-14-35-29(19-24)32-28-21-31(40-30(28)18-23-13-17-39-33(23)32)38-27-11-7-10-26(20-27)37-16-15-36(22-37)25-8-5-4-6-9-25/h4-21H,22H2,1-3H3. The molecule has 6 heteroatoms. The molecule has 6 aromatic rings. The summed E-state index contributed by atoms with van der Waals surface area (Å²) in [5.41, 5.74) is 5.81. The summed E-state index contributed by atoms with van der Waals surface area (Å²) in [6, 6.07) is 29.8. The molecule has 198 valence electrons. The average Bonchev–Trinajstić information content (AvgIpc) is 3.72. The van der Waals surface area contributed by atoms with Crippen LogP contribution >= 0.6 is 22.7 Å². The fourth-order valence-corrected chi connectivity index (χ4v) is 7.07. The van der Waals surface area contributed by atoms with E-state index in [0.717, 1.165) is 28.9 Å². The predicted molar refractivity (Wildman–Crippen MR) is 171 cm³/mol. The largest absolute Gasteiger partial charge is 0.447 e. The van der Waals surface area contributed by atoms with Gasteiger partial charge < -0.3 is 14.5 Å². The Labute approximate surface area is 242 Å². The number of thiophene rings is 2. The normalized spacial score (nSPS) is 13.6. The minimum absolute atomic E-state index is 0.0523. The van der Waals surface area contributed by atoms with Crippen LogP contribution in [0, 0.1) is 0 Å². The minimum atomic E-state index is 0.0523. The molecule has 0 N–H and O–H groups in total. The lowest BCUT2D eigenvalue weighted by molar-refractivity contribution is 0.497. The molecule has 3 aromatic heterocycles. The Morgan fingerprint density at radius 2 is 1.62 bits per heavy atom. The van der Waals surface area contributed by atoms with Crippen molar-refractivity contribution in [2.75, 3.05) is 16.5 Å². The van der Waals surface area contributed by atoms with Gasteiger partial charge in [-0.15, -0.1) is 11.3 Å². The van der Waals surface area contributed by atoms with Gasteiger partial charge in [0.05, 0.1) is 12.4 Å². The maximum absolute atomic E-state index is 6.48. The number of anilines is 2. The van der Waals surface area contributed by atoms with E-state index in [1.807, 2.05) is 18.3 Å². The first-order valence-corrected chi connectivity index (χ1v) is 15.1. The first-order chi connectivity index (χ1) is 19.4. The number of hydrogen-bond acceptors (Lipinski definition) is 6. The molecule has 0 saturated heterocycles. The first-order valence-electron chi connectivity index (χ1n) is 13.4.